The highest BCUT2D eigenvalue weighted by atomic mass is 19.1. The monoisotopic (exact) mass is 491 g/mol. The van der Waals surface area contributed by atoms with E-state index in [1.54, 1.807) is 19.4 Å². The van der Waals surface area contributed by atoms with E-state index >= 15 is 0 Å². The molecule has 0 spiro atoms. The highest BCUT2D eigenvalue weighted by Crippen LogP contribution is 2.42. The Hall–Kier alpha value is -3.26. The van der Waals surface area contributed by atoms with Gasteiger partial charge in [0, 0.05) is 38.6 Å². The number of nitrogens with one attached hydrogen (secondary N) is 1. The predicted molar refractivity (Wildman–Crippen MR) is 137 cm³/mol. The number of rotatable bonds is 8. The fourth-order valence-corrected chi connectivity index (χ4v) is 6.00. The van der Waals surface area contributed by atoms with E-state index in [9.17, 15) is 14.0 Å². The largest absolute Gasteiger partial charge is 0.348 e. The van der Waals surface area contributed by atoms with Gasteiger partial charge in [-0.05, 0) is 49.8 Å². The summed E-state index contributed by atoms with van der Waals surface area (Å²) in [4.78, 5) is 32.6. The van der Waals surface area contributed by atoms with Crippen LogP contribution in [0, 0.1) is 5.82 Å². The van der Waals surface area contributed by atoms with E-state index in [0.717, 1.165) is 49.7 Å². The number of halogens is 1. The second-order valence-corrected chi connectivity index (χ2v) is 10.2. The molecule has 2 amide bonds. The zero-order valence-electron chi connectivity index (χ0n) is 20.9. The third-order valence-electron chi connectivity index (χ3n) is 7.94. The number of benzene rings is 2. The molecule has 8 heteroatoms. The smallest absolute Gasteiger partial charge is 0.240 e. The topological polar surface area (TPSA) is 70.5 Å². The second kappa shape index (κ2) is 10.4. The summed E-state index contributed by atoms with van der Waals surface area (Å²) >= 11 is 0. The van der Waals surface area contributed by atoms with Crippen molar-refractivity contribution in [3.8, 4) is 0 Å². The Kier molecular flexibility index (Phi) is 7.05. The molecular formula is C28H34FN5O2. The molecule has 190 valence electrons. The quantitative estimate of drug-likeness (QED) is 0.516. The van der Waals surface area contributed by atoms with Crippen LogP contribution >= 0.6 is 0 Å². The van der Waals surface area contributed by atoms with E-state index < -0.39 is 0 Å². The van der Waals surface area contributed by atoms with Gasteiger partial charge in [-0.2, -0.15) is 0 Å². The summed E-state index contributed by atoms with van der Waals surface area (Å²) in [6.45, 7) is 2.41. The number of imidazole rings is 1. The lowest BCUT2D eigenvalue weighted by molar-refractivity contribution is -0.133. The van der Waals surface area contributed by atoms with Gasteiger partial charge in [-0.1, -0.05) is 36.4 Å². The number of hydrogen-bond donors (Lipinski definition) is 1. The van der Waals surface area contributed by atoms with Gasteiger partial charge in [-0.15, -0.1) is 0 Å². The van der Waals surface area contributed by atoms with Gasteiger partial charge in [0.25, 0.3) is 0 Å². The molecule has 0 saturated carbocycles. The Morgan fingerprint density at radius 2 is 1.81 bits per heavy atom. The average Bonchev–Trinajstić information content (AvgIpc) is 3.40. The van der Waals surface area contributed by atoms with Gasteiger partial charge in [0.1, 0.15) is 5.52 Å². The normalized spacial score (nSPS) is 22.5. The van der Waals surface area contributed by atoms with E-state index in [2.05, 4.69) is 19.8 Å². The lowest BCUT2D eigenvalue weighted by Crippen LogP contribution is -2.45. The summed E-state index contributed by atoms with van der Waals surface area (Å²) in [6.07, 6.45) is 6.96. The molecule has 3 aromatic rings. The third kappa shape index (κ3) is 5.00. The fourth-order valence-electron chi connectivity index (χ4n) is 6.00. The number of fused-ring (bicyclic) bond motifs is 3. The van der Waals surface area contributed by atoms with Crippen LogP contribution in [0.4, 0.5) is 4.39 Å². The number of para-hydroxylation sites is 1. The molecule has 2 fully saturated rings. The first-order valence-electron chi connectivity index (χ1n) is 12.8. The molecule has 3 heterocycles. The van der Waals surface area contributed by atoms with Crippen molar-refractivity contribution in [1.82, 2.24) is 24.7 Å². The Balaban J connectivity index is 1.26. The Morgan fingerprint density at radius 3 is 2.50 bits per heavy atom. The third-order valence-corrected chi connectivity index (χ3v) is 7.94. The van der Waals surface area contributed by atoms with Gasteiger partial charge in [0.2, 0.25) is 11.8 Å². The molecule has 2 unspecified atom stereocenters. The molecule has 2 aliphatic heterocycles. The first kappa shape index (κ1) is 24.4. The molecule has 5 rings (SSSR count). The van der Waals surface area contributed by atoms with Crippen LogP contribution < -0.4 is 5.32 Å². The highest BCUT2D eigenvalue weighted by Gasteiger charge is 2.41. The maximum atomic E-state index is 14.2. The van der Waals surface area contributed by atoms with Crippen molar-refractivity contribution in [2.24, 2.45) is 0 Å². The number of hydrogen-bond acceptors (Lipinski definition) is 4. The molecule has 36 heavy (non-hydrogen) atoms. The molecule has 3 atom stereocenters. The van der Waals surface area contributed by atoms with Gasteiger partial charge < -0.3 is 14.8 Å². The summed E-state index contributed by atoms with van der Waals surface area (Å²) in [6, 6.07) is 16.4. The van der Waals surface area contributed by atoms with E-state index in [4.69, 9.17) is 0 Å². The van der Waals surface area contributed by atoms with Crippen LogP contribution in [-0.4, -0.2) is 63.4 Å². The van der Waals surface area contributed by atoms with Gasteiger partial charge in [-0.25, -0.2) is 9.37 Å². The van der Waals surface area contributed by atoms with E-state index in [1.807, 2.05) is 36.4 Å². The molecule has 7 nitrogen and oxygen atoms in total. The van der Waals surface area contributed by atoms with Gasteiger partial charge in [0.15, 0.2) is 5.82 Å². The molecule has 0 radical (unpaired) electrons. The number of carbonyl (C=O) groups excluding carboxylic acids is 2. The van der Waals surface area contributed by atoms with Crippen LogP contribution in [0.2, 0.25) is 0 Å². The summed E-state index contributed by atoms with van der Waals surface area (Å²) < 4.78 is 16.3. The van der Waals surface area contributed by atoms with E-state index in [-0.39, 0.29) is 30.2 Å². The Bertz CT molecular complexity index is 1220. The SMILES string of the molecule is CC(=O)N(C)CC(=O)N[C@@H](CCN1C2CCC1CC(n1cnc3c(F)cccc31)C2)c1ccccc1. The molecule has 1 N–H and O–H groups in total. The van der Waals surface area contributed by atoms with Gasteiger partial charge in [-0.3, -0.25) is 14.5 Å². The number of likely N-dealkylation sites (N-methyl/N-ethyl adjacent to an activating group) is 1. The number of carbonyl (C=O) groups is 2. The fraction of sp³-hybridized carbons (Fsp3) is 0.464. The summed E-state index contributed by atoms with van der Waals surface area (Å²) in [5, 5.41) is 3.16. The van der Waals surface area contributed by atoms with Gasteiger partial charge >= 0.3 is 0 Å². The molecular weight excluding hydrogens is 457 g/mol. The minimum atomic E-state index is -0.268. The number of nitrogens with zero attached hydrogens (tertiary/aromatic N) is 4. The van der Waals surface area contributed by atoms with Crippen LogP contribution in [0.15, 0.2) is 54.9 Å². The van der Waals surface area contributed by atoms with Crippen LogP contribution in [0.3, 0.4) is 0 Å². The van der Waals surface area contributed by atoms with Crippen molar-refractivity contribution in [2.75, 3.05) is 20.1 Å². The van der Waals surface area contributed by atoms with Crippen molar-refractivity contribution in [1.29, 1.82) is 0 Å². The maximum absolute atomic E-state index is 14.2. The van der Waals surface area contributed by atoms with Crippen LogP contribution in [0.1, 0.15) is 56.7 Å². The summed E-state index contributed by atoms with van der Waals surface area (Å²) in [7, 11) is 1.64. The van der Waals surface area contributed by atoms with Gasteiger partial charge in [0.05, 0.1) is 24.4 Å². The number of amides is 2. The molecule has 1 aromatic heterocycles. The Morgan fingerprint density at radius 1 is 1.08 bits per heavy atom. The first-order chi connectivity index (χ1) is 17.4. The lowest BCUT2D eigenvalue weighted by Gasteiger charge is -2.40. The molecule has 0 aliphatic carbocycles. The van der Waals surface area contributed by atoms with Crippen molar-refractivity contribution < 1.29 is 14.0 Å². The zero-order valence-corrected chi connectivity index (χ0v) is 20.9. The first-order valence-corrected chi connectivity index (χ1v) is 12.8. The average molecular weight is 492 g/mol. The number of aromatic nitrogens is 2. The lowest BCUT2D eigenvalue weighted by atomic mass is 9.95. The molecule has 2 saturated heterocycles. The van der Waals surface area contributed by atoms with Crippen molar-refractivity contribution >= 4 is 22.8 Å². The molecule has 2 aliphatic rings. The van der Waals surface area contributed by atoms with Crippen LogP contribution in [0.5, 0.6) is 0 Å². The van der Waals surface area contributed by atoms with Crippen molar-refractivity contribution in [3.05, 3.63) is 66.2 Å². The molecule has 2 bridgehead atoms. The van der Waals surface area contributed by atoms with E-state index in [0.29, 0.717) is 23.6 Å². The van der Waals surface area contributed by atoms with Crippen LogP contribution in [0.25, 0.3) is 11.0 Å². The summed E-state index contributed by atoms with van der Waals surface area (Å²) in [5.74, 6) is -0.549. The number of piperidine rings is 1. The van der Waals surface area contributed by atoms with Crippen LogP contribution in [-0.2, 0) is 9.59 Å². The highest BCUT2D eigenvalue weighted by molar-refractivity contribution is 5.83. The van der Waals surface area contributed by atoms with Crippen molar-refractivity contribution in [2.45, 2.75) is 63.2 Å². The Labute approximate surface area is 211 Å². The standard InChI is InChI=1S/C28H34FN5O2/c1-19(35)32(2)17-27(36)31-25(20-7-4-3-5-8-20)13-14-33-21-11-12-22(33)16-23(15-21)34-18-30-28-24(29)9-6-10-26(28)34/h3-10,18,21-23,25H,11-17H2,1-2H3,(H,31,36)/t21?,22?,23?,25-/m0/s1. The maximum Gasteiger partial charge on any atom is 0.240 e. The second-order valence-electron chi connectivity index (χ2n) is 10.2. The minimum Gasteiger partial charge on any atom is -0.348 e. The predicted octanol–water partition coefficient (Wildman–Crippen LogP) is 4.07. The van der Waals surface area contributed by atoms with Crippen molar-refractivity contribution in [3.63, 3.8) is 0 Å². The van der Waals surface area contributed by atoms with E-state index in [1.165, 1.54) is 17.9 Å². The zero-order chi connectivity index (χ0) is 25.2. The molecule has 2 aromatic carbocycles. The minimum absolute atomic E-state index is 0.0504. The summed E-state index contributed by atoms with van der Waals surface area (Å²) in [5.41, 5.74) is 2.39.